The summed E-state index contributed by atoms with van der Waals surface area (Å²) in [5.41, 5.74) is 1.69. The van der Waals surface area contributed by atoms with Crippen LogP contribution < -0.4 is 10.1 Å². The Balaban J connectivity index is 1.69. The maximum Gasteiger partial charge on any atom is 0.229 e. The van der Waals surface area contributed by atoms with Crippen molar-refractivity contribution in [3.63, 3.8) is 0 Å². The number of hydrogen-bond donors (Lipinski definition) is 2. The molecular formula is C20H19N5O2S. The van der Waals surface area contributed by atoms with E-state index in [0.29, 0.717) is 22.3 Å². The SMILES string of the molecule is COc1cc(S(C)(=N)=O)ccc1Nc1nccc(-n2ccc3ccccc32)n1. The average molecular weight is 393 g/mol. The molecular weight excluding hydrogens is 374 g/mol. The van der Waals surface area contributed by atoms with Gasteiger partial charge in [-0.1, -0.05) is 18.2 Å². The van der Waals surface area contributed by atoms with Gasteiger partial charge in [0.05, 0.1) is 32.9 Å². The summed E-state index contributed by atoms with van der Waals surface area (Å²) in [6.07, 6.45) is 5.03. The van der Waals surface area contributed by atoms with Gasteiger partial charge in [0.2, 0.25) is 5.95 Å². The summed E-state index contributed by atoms with van der Waals surface area (Å²) in [6, 6.07) is 16.9. The van der Waals surface area contributed by atoms with Gasteiger partial charge < -0.3 is 14.6 Å². The monoisotopic (exact) mass is 393 g/mol. The van der Waals surface area contributed by atoms with Gasteiger partial charge in [0.15, 0.2) is 0 Å². The largest absolute Gasteiger partial charge is 0.495 e. The van der Waals surface area contributed by atoms with Crippen LogP contribution in [0.1, 0.15) is 0 Å². The van der Waals surface area contributed by atoms with Crippen LogP contribution in [0.3, 0.4) is 0 Å². The first kappa shape index (κ1) is 18.0. The number of rotatable bonds is 5. The number of methoxy groups -OCH3 is 1. The first-order valence-electron chi connectivity index (χ1n) is 8.54. The molecule has 0 aliphatic carbocycles. The zero-order valence-corrected chi connectivity index (χ0v) is 16.2. The predicted octanol–water partition coefficient (Wildman–Crippen LogP) is 4.21. The summed E-state index contributed by atoms with van der Waals surface area (Å²) in [7, 11) is -1.30. The molecule has 142 valence electrons. The molecule has 8 heteroatoms. The van der Waals surface area contributed by atoms with E-state index in [2.05, 4.69) is 21.4 Å². The molecule has 0 amide bonds. The summed E-state index contributed by atoms with van der Waals surface area (Å²) in [5, 5.41) is 4.27. The lowest BCUT2D eigenvalue weighted by Gasteiger charge is -2.13. The van der Waals surface area contributed by atoms with Crippen LogP contribution in [0.5, 0.6) is 5.75 Å². The second kappa shape index (κ2) is 6.97. The van der Waals surface area contributed by atoms with Gasteiger partial charge in [-0.2, -0.15) is 4.98 Å². The van der Waals surface area contributed by atoms with E-state index in [-0.39, 0.29) is 0 Å². The lowest BCUT2D eigenvalue weighted by molar-refractivity contribution is 0.415. The van der Waals surface area contributed by atoms with Gasteiger partial charge in [-0.05, 0) is 41.8 Å². The Morgan fingerprint density at radius 2 is 1.96 bits per heavy atom. The molecule has 0 saturated heterocycles. The Morgan fingerprint density at radius 1 is 1.14 bits per heavy atom. The van der Waals surface area contributed by atoms with E-state index >= 15 is 0 Å². The van der Waals surface area contributed by atoms with Crippen molar-refractivity contribution in [3.8, 4) is 11.6 Å². The minimum atomic E-state index is -2.82. The van der Waals surface area contributed by atoms with Gasteiger partial charge in [-0.25, -0.2) is 14.0 Å². The molecule has 0 bridgehead atoms. The summed E-state index contributed by atoms with van der Waals surface area (Å²) in [4.78, 5) is 9.29. The Bertz CT molecular complexity index is 1260. The van der Waals surface area contributed by atoms with E-state index in [1.54, 1.807) is 24.4 Å². The summed E-state index contributed by atoms with van der Waals surface area (Å²) >= 11 is 0. The van der Waals surface area contributed by atoms with Crippen molar-refractivity contribution in [2.75, 3.05) is 18.7 Å². The smallest absolute Gasteiger partial charge is 0.229 e. The molecule has 1 atom stereocenters. The number of fused-ring (bicyclic) bond motifs is 1. The lowest BCUT2D eigenvalue weighted by atomic mass is 10.2. The van der Waals surface area contributed by atoms with Crippen LogP contribution >= 0.6 is 0 Å². The number of nitrogens with one attached hydrogen (secondary N) is 2. The molecule has 28 heavy (non-hydrogen) atoms. The standard InChI is InChI=1S/C20H19N5O2S/c1-27-18-13-15(28(2,21)26)7-8-16(18)23-20-22-11-9-19(24-20)25-12-10-14-5-3-4-6-17(14)25/h3-13,21H,1-2H3,(H,22,23,24). The van der Waals surface area contributed by atoms with Gasteiger partial charge >= 0.3 is 0 Å². The van der Waals surface area contributed by atoms with Crippen LogP contribution in [0, 0.1) is 4.78 Å². The van der Waals surface area contributed by atoms with E-state index in [4.69, 9.17) is 9.52 Å². The van der Waals surface area contributed by atoms with Crippen molar-refractivity contribution in [1.29, 1.82) is 4.78 Å². The Kier molecular flexibility index (Phi) is 4.48. The van der Waals surface area contributed by atoms with Crippen LogP contribution in [-0.2, 0) is 9.73 Å². The van der Waals surface area contributed by atoms with Crippen LogP contribution in [0.15, 0.2) is 71.9 Å². The fourth-order valence-corrected chi connectivity index (χ4v) is 3.62. The molecule has 0 saturated carbocycles. The van der Waals surface area contributed by atoms with Gasteiger partial charge in [0.1, 0.15) is 11.6 Å². The number of aromatic nitrogens is 3. The van der Waals surface area contributed by atoms with Crippen molar-refractivity contribution in [2.45, 2.75) is 4.90 Å². The van der Waals surface area contributed by atoms with Crippen LogP contribution in [-0.4, -0.2) is 32.1 Å². The molecule has 2 N–H and O–H groups in total. The number of nitrogens with zero attached hydrogens (tertiary/aromatic N) is 3. The fourth-order valence-electron chi connectivity index (χ4n) is 2.96. The van der Waals surface area contributed by atoms with Crippen LogP contribution in [0.25, 0.3) is 16.7 Å². The second-order valence-electron chi connectivity index (χ2n) is 6.31. The molecule has 0 spiro atoms. The highest BCUT2D eigenvalue weighted by Crippen LogP contribution is 2.30. The third-order valence-electron chi connectivity index (χ3n) is 4.36. The van der Waals surface area contributed by atoms with Crippen molar-refractivity contribution in [1.82, 2.24) is 14.5 Å². The first-order chi connectivity index (χ1) is 13.5. The van der Waals surface area contributed by atoms with Gasteiger partial charge in [-0.15, -0.1) is 0 Å². The molecule has 0 aliphatic heterocycles. The molecule has 7 nitrogen and oxygen atoms in total. The summed E-state index contributed by atoms with van der Waals surface area (Å²) in [5.74, 6) is 1.61. The topological polar surface area (TPSA) is 92.9 Å². The van der Waals surface area contributed by atoms with Gasteiger partial charge in [0.25, 0.3) is 0 Å². The zero-order chi connectivity index (χ0) is 19.7. The quantitative estimate of drug-likeness (QED) is 0.530. The van der Waals surface area contributed by atoms with Gasteiger partial charge in [0, 0.05) is 18.6 Å². The molecule has 2 aromatic heterocycles. The van der Waals surface area contributed by atoms with E-state index < -0.39 is 9.73 Å². The van der Waals surface area contributed by atoms with Crippen LogP contribution in [0.2, 0.25) is 0 Å². The molecule has 2 aromatic carbocycles. The van der Waals surface area contributed by atoms with Crippen molar-refractivity contribution < 1.29 is 8.95 Å². The maximum atomic E-state index is 12.0. The minimum Gasteiger partial charge on any atom is -0.495 e. The zero-order valence-electron chi connectivity index (χ0n) is 15.4. The molecule has 4 aromatic rings. The second-order valence-corrected chi connectivity index (χ2v) is 8.47. The molecule has 0 aliphatic rings. The number of anilines is 2. The summed E-state index contributed by atoms with van der Waals surface area (Å²) in [6.45, 7) is 0. The fraction of sp³-hybridized carbons (Fsp3) is 0.100. The summed E-state index contributed by atoms with van der Waals surface area (Å²) < 4.78 is 27.1. The molecule has 0 radical (unpaired) electrons. The average Bonchev–Trinajstić information content (AvgIpc) is 3.12. The number of benzene rings is 2. The number of ether oxygens (including phenoxy) is 1. The van der Waals surface area contributed by atoms with Crippen molar-refractivity contribution >= 4 is 32.3 Å². The maximum absolute atomic E-state index is 12.0. The number of hydrogen-bond acceptors (Lipinski definition) is 6. The third kappa shape index (κ3) is 3.41. The highest BCUT2D eigenvalue weighted by atomic mass is 32.2. The highest BCUT2D eigenvalue weighted by Gasteiger charge is 2.11. The van der Waals surface area contributed by atoms with Gasteiger partial charge in [-0.3, -0.25) is 0 Å². The normalized spacial score (nSPS) is 13.2. The Hall–Kier alpha value is -3.39. The minimum absolute atomic E-state index is 0.406. The van der Waals surface area contributed by atoms with Crippen molar-refractivity contribution in [2.24, 2.45) is 0 Å². The highest BCUT2D eigenvalue weighted by molar-refractivity contribution is 7.91. The van der Waals surface area contributed by atoms with Crippen LogP contribution in [0.4, 0.5) is 11.6 Å². The first-order valence-corrected chi connectivity index (χ1v) is 10.5. The van der Waals surface area contributed by atoms with E-state index in [1.807, 2.05) is 41.1 Å². The Labute approximate surface area is 163 Å². The van der Waals surface area contributed by atoms with E-state index in [0.717, 1.165) is 16.7 Å². The third-order valence-corrected chi connectivity index (χ3v) is 5.51. The van der Waals surface area contributed by atoms with E-state index in [9.17, 15) is 4.21 Å². The van der Waals surface area contributed by atoms with E-state index in [1.165, 1.54) is 13.4 Å². The lowest BCUT2D eigenvalue weighted by Crippen LogP contribution is -2.04. The predicted molar refractivity (Wildman–Crippen MR) is 110 cm³/mol. The molecule has 0 fully saturated rings. The number of para-hydroxylation sites is 1. The Morgan fingerprint density at radius 3 is 2.75 bits per heavy atom. The van der Waals surface area contributed by atoms with Crippen molar-refractivity contribution in [3.05, 3.63) is 67.0 Å². The molecule has 1 unspecified atom stereocenters. The molecule has 4 rings (SSSR count). The molecule has 2 heterocycles.